The van der Waals surface area contributed by atoms with E-state index in [-0.39, 0.29) is 24.1 Å². The van der Waals surface area contributed by atoms with Crippen molar-refractivity contribution >= 4 is 23.6 Å². The van der Waals surface area contributed by atoms with Gasteiger partial charge in [-0.1, -0.05) is 39.8 Å². The summed E-state index contributed by atoms with van der Waals surface area (Å²) < 4.78 is 36.9. The summed E-state index contributed by atoms with van der Waals surface area (Å²) in [6, 6.07) is 6.76. The van der Waals surface area contributed by atoms with E-state index in [1.165, 1.54) is 0 Å². The third-order valence-electron chi connectivity index (χ3n) is 4.34. The topological polar surface area (TPSA) is 131 Å². The Kier molecular flexibility index (Phi) is 13.6. The highest BCUT2D eigenvalue weighted by Crippen LogP contribution is 2.15. The molecule has 11 heteroatoms. The maximum atomic E-state index is 12.5. The zero-order chi connectivity index (χ0) is 26.5. The second-order valence-corrected chi connectivity index (χ2v) is 8.44. The number of methoxy groups -OCH3 is 1. The highest BCUT2D eigenvalue weighted by Gasteiger charge is 2.38. The van der Waals surface area contributed by atoms with E-state index < -0.39 is 18.2 Å². The molecule has 0 aliphatic rings. The molecule has 0 aliphatic heterocycles. The van der Waals surface area contributed by atoms with Gasteiger partial charge in [0.1, 0.15) is 11.8 Å². The van der Waals surface area contributed by atoms with Crippen molar-refractivity contribution in [3.05, 3.63) is 29.8 Å². The number of carbonyl (C=O) groups excluding carboxylic acids is 2. The molecule has 1 aromatic rings. The van der Waals surface area contributed by atoms with Gasteiger partial charge in [-0.2, -0.15) is 13.2 Å². The zero-order valence-corrected chi connectivity index (χ0v) is 20.1. The van der Waals surface area contributed by atoms with E-state index in [9.17, 15) is 22.8 Å². The highest BCUT2D eigenvalue weighted by atomic mass is 19.4. The summed E-state index contributed by atoms with van der Waals surface area (Å²) in [5.41, 5.74) is 6.71. The van der Waals surface area contributed by atoms with Crippen LogP contribution < -0.4 is 15.8 Å². The second-order valence-electron chi connectivity index (χ2n) is 8.44. The van der Waals surface area contributed by atoms with Crippen LogP contribution in [-0.2, 0) is 20.8 Å². The number of nitrogens with one attached hydrogen (secondary N) is 1. The smallest absolute Gasteiger partial charge is 0.490 e. The number of amides is 1. The van der Waals surface area contributed by atoms with Crippen LogP contribution in [0, 0.1) is 11.8 Å². The lowest BCUT2D eigenvalue weighted by molar-refractivity contribution is -0.192. The number of guanidine groups is 1. The number of aliphatic carboxylic acids is 1. The van der Waals surface area contributed by atoms with Crippen LogP contribution in [0.3, 0.4) is 0 Å². The first-order valence-electron chi connectivity index (χ1n) is 10.7. The highest BCUT2D eigenvalue weighted by molar-refractivity contribution is 5.98. The number of nitrogens with two attached hydrogens (primary N) is 1. The summed E-state index contributed by atoms with van der Waals surface area (Å²) in [5.74, 6) is -1.52. The number of halogens is 3. The van der Waals surface area contributed by atoms with Gasteiger partial charge in [-0.15, -0.1) is 0 Å². The van der Waals surface area contributed by atoms with Gasteiger partial charge in [0.2, 0.25) is 5.91 Å². The number of Topliss-reactive ketones (excluding diaryl/α,β-unsaturated/α-hetero) is 1. The van der Waals surface area contributed by atoms with E-state index in [4.69, 9.17) is 20.4 Å². The molecule has 8 nitrogen and oxygen atoms in total. The molecule has 34 heavy (non-hydrogen) atoms. The van der Waals surface area contributed by atoms with Gasteiger partial charge in [0, 0.05) is 6.42 Å². The minimum absolute atomic E-state index is 0.00792. The van der Waals surface area contributed by atoms with Crippen LogP contribution in [-0.4, -0.2) is 48.1 Å². The van der Waals surface area contributed by atoms with Gasteiger partial charge >= 0.3 is 12.1 Å². The van der Waals surface area contributed by atoms with Crippen molar-refractivity contribution in [1.82, 2.24) is 5.32 Å². The number of carboxylic acids is 1. The number of aliphatic imine (C=N–C) groups is 1. The van der Waals surface area contributed by atoms with Crippen LogP contribution in [0.2, 0.25) is 0 Å². The molecule has 1 aromatic carbocycles. The Balaban J connectivity index is 0.00000135. The summed E-state index contributed by atoms with van der Waals surface area (Å²) in [7, 11) is 1.58. The van der Waals surface area contributed by atoms with Gasteiger partial charge in [0.25, 0.3) is 0 Å². The molecule has 0 heterocycles. The number of hydrogen-bond donors (Lipinski definition) is 3. The number of nitrogens with zero attached hydrogens (tertiary/aromatic N) is 1. The van der Waals surface area contributed by atoms with Crippen LogP contribution >= 0.6 is 0 Å². The average molecular weight is 490 g/mol. The van der Waals surface area contributed by atoms with E-state index in [1.807, 2.05) is 32.0 Å². The fourth-order valence-corrected chi connectivity index (χ4v) is 2.66. The lowest BCUT2D eigenvalue weighted by Gasteiger charge is -2.16. The van der Waals surface area contributed by atoms with Gasteiger partial charge in [-0.3, -0.25) is 14.9 Å². The molecule has 0 unspecified atom stereocenters. The van der Waals surface area contributed by atoms with E-state index in [2.05, 4.69) is 24.2 Å². The predicted molar refractivity (Wildman–Crippen MR) is 122 cm³/mol. The maximum Gasteiger partial charge on any atom is 0.490 e. The largest absolute Gasteiger partial charge is 0.497 e. The minimum Gasteiger partial charge on any atom is -0.497 e. The van der Waals surface area contributed by atoms with Crippen molar-refractivity contribution in [2.75, 3.05) is 7.11 Å². The number of benzene rings is 1. The molecule has 0 aliphatic carbocycles. The van der Waals surface area contributed by atoms with Crippen molar-refractivity contribution in [3.63, 3.8) is 0 Å². The van der Waals surface area contributed by atoms with Gasteiger partial charge < -0.3 is 15.6 Å². The SMILES string of the molecule is COc1cccc(CC(=O)NC(N)=N[C@H](CC(C)C)C(=O)CCC(C)C)c1.O=C(O)C(F)(F)F. The number of ketones is 1. The second kappa shape index (κ2) is 14.9. The Morgan fingerprint density at radius 2 is 1.74 bits per heavy atom. The van der Waals surface area contributed by atoms with Crippen LogP contribution in [0.5, 0.6) is 5.75 Å². The summed E-state index contributed by atoms with van der Waals surface area (Å²) in [6.07, 6.45) is -3.01. The molecule has 1 rings (SSSR count). The predicted octanol–water partition coefficient (Wildman–Crippen LogP) is 3.72. The Labute approximate surface area is 197 Å². The van der Waals surface area contributed by atoms with Crippen LogP contribution in [0.4, 0.5) is 13.2 Å². The molecule has 1 atom stereocenters. The molecule has 0 bridgehead atoms. The lowest BCUT2D eigenvalue weighted by Crippen LogP contribution is -2.39. The quantitative estimate of drug-likeness (QED) is 0.339. The number of alkyl halides is 3. The first kappa shape index (κ1) is 30.9. The molecule has 192 valence electrons. The average Bonchev–Trinajstić information content (AvgIpc) is 2.70. The molecule has 0 fully saturated rings. The summed E-state index contributed by atoms with van der Waals surface area (Å²) in [5, 5.41) is 9.71. The standard InChI is InChI=1S/C21H33N3O3.C2HF3O2/c1-14(2)9-10-19(25)18(11-15(3)4)23-21(22)24-20(26)13-16-7-6-8-17(12-16)27-5;3-2(4,5)1(6)7/h6-8,12,14-15,18H,9-11,13H2,1-5H3,(H3,22,23,24,26);(H,6,7)/t18-;/m1./s1. The first-order chi connectivity index (χ1) is 15.6. The van der Waals surface area contributed by atoms with Gasteiger partial charge in [0.15, 0.2) is 11.7 Å². The lowest BCUT2D eigenvalue weighted by atomic mass is 9.96. The Hall–Kier alpha value is -3.11. The van der Waals surface area contributed by atoms with Crippen molar-refractivity contribution < 1.29 is 37.4 Å². The first-order valence-corrected chi connectivity index (χ1v) is 10.7. The van der Waals surface area contributed by atoms with E-state index >= 15 is 0 Å². The Morgan fingerprint density at radius 3 is 2.21 bits per heavy atom. The molecular formula is C23H34F3N3O5. The molecule has 0 saturated carbocycles. The van der Waals surface area contributed by atoms with Gasteiger partial charge in [0.05, 0.1) is 13.5 Å². The zero-order valence-electron chi connectivity index (χ0n) is 20.1. The third-order valence-corrected chi connectivity index (χ3v) is 4.34. The maximum absolute atomic E-state index is 12.5. The van der Waals surface area contributed by atoms with E-state index in [0.29, 0.717) is 30.4 Å². The third kappa shape index (κ3) is 14.1. The molecule has 0 saturated heterocycles. The Bertz CT molecular complexity index is 839. The number of carboxylic acid groups (broad SMARTS) is 1. The van der Waals surface area contributed by atoms with Crippen LogP contribution in [0.25, 0.3) is 0 Å². The molecule has 0 aromatic heterocycles. The number of hydrogen-bond acceptors (Lipinski definition) is 5. The minimum atomic E-state index is -5.08. The molecular weight excluding hydrogens is 455 g/mol. The molecule has 1 amide bonds. The van der Waals surface area contributed by atoms with Crippen molar-refractivity contribution in [2.24, 2.45) is 22.6 Å². The van der Waals surface area contributed by atoms with Crippen molar-refractivity contribution in [2.45, 2.75) is 65.6 Å². The monoisotopic (exact) mass is 489 g/mol. The van der Waals surface area contributed by atoms with Gasteiger partial charge in [-0.05, 0) is 42.4 Å². The van der Waals surface area contributed by atoms with Gasteiger partial charge in [-0.25, -0.2) is 9.79 Å². The van der Waals surface area contributed by atoms with Crippen molar-refractivity contribution in [1.29, 1.82) is 0 Å². The van der Waals surface area contributed by atoms with Crippen LogP contribution in [0.1, 0.15) is 52.5 Å². The fraction of sp³-hybridized carbons (Fsp3) is 0.565. The molecule has 0 spiro atoms. The number of carbonyl (C=O) groups is 3. The van der Waals surface area contributed by atoms with Crippen molar-refractivity contribution in [3.8, 4) is 5.75 Å². The summed E-state index contributed by atoms with van der Waals surface area (Å²) >= 11 is 0. The molecule has 4 N–H and O–H groups in total. The number of ether oxygens (including phenoxy) is 1. The Morgan fingerprint density at radius 1 is 1.15 bits per heavy atom. The number of rotatable bonds is 10. The summed E-state index contributed by atoms with van der Waals surface area (Å²) in [6.45, 7) is 8.24. The molecule has 0 radical (unpaired) electrons. The fourth-order valence-electron chi connectivity index (χ4n) is 2.66. The van der Waals surface area contributed by atoms with E-state index in [1.54, 1.807) is 13.2 Å². The normalized spacial score (nSPS) is 12.6. The van der Waals surface area contributed by atoms with Crippen LogP contribution in [0.15, 0.2) is 29.3 Å². The summed E-state index contributed by atoms with van der Waals surface area (Å²) in [4.78, 5) is 37.9. The van der Waals surface area contributed by atoms with E-state index in [0.717, 1.165) is 12.0 Å².